The number of nitrogens with two attached hydrogens (primary N) is 1. The largest absolute Gasteiger partial charge is 0.486 e. The molecule has 0 unspecified atom stereocenters. The summed E-state index contributed by atoms with van der Waals surface area (Å²) in [7, 11) is 0. The number of carbonyl (C=O) groups is 1. The maximum absolute atomic E-state index is 14.5. The van der Waals surface area contributed by atoms with Crippen LogP contribution in [-0.4, -0.2) is 35.5 Å². The Bertz CT molecular complexity index is 1210. The van der Waals surface area contributed by atoms with E-state index in [2.05, 4.69) is 9.88 Å². The molecule has 0 atom stereocenters. The van der Waals surface area contributed by atoms with E-state index in [9.17, 15) is 13.6 Å². The third-order valence-electron chi connectivity index (χ3n) is 6.27. The zero-order valence-corrected chi connectivity index (χ0v) is 17.7. The van der Waals surface area contributed by atoms with Crippen LogP contribution in [0.4, 0.5) is 8.78 Å². The quantitative estimate of drug-likeness (QED) is 0.540. The van der Waals surface area contributed by atoms with Crippen LogP contribution in [0.2, 0.25) is 0 Å². The number of primary amides is 1. The first kappa shape index (κ1) is 20.5. The molecule has 0 radical (unpaired) electrons. The van der Waals surface area contributed by atoms with Gasteiger partial charge in [-0.15, -0.1) is 0 Å². The van der Waals surface area contributed by atoms with Crippen LogP contribution in [0.15, 0.2) is 42.2 Å². The average molecular weight is 437 g/mol. The Labute approximate surface area is 184 Å². The number of nitrogens with zero attached hydrogens (tertiary/aromatic N) is 1. The first-order valence-electron chi connectivity index (χ1n) is 11.0. The second-order valence-electron chi connectivity index (χ2n) is 8.62. The van der Waals surface area contributed by atoms with Gasteiger partial charge in [0, 0.05) is 30.2 Å². The molecular formula is C25H25F2N3O2. The molecule has 0 bridgehead atoms. The van der Waals surface area contributed by atoms with Crippen molar-refractivity contribution in [2.24, 2.45) is 11.7 Å². The third-order valence-corrected chi connectivity index (χ3v) is 6.27. The molecule has 1 fully saturated rings. The summed E-state index contributed by atoms with van der Waals surface area (Å²) < 4.78 is 34.0. The number of aromatic nitrogens is 1. The summed E-state index contributed by atoms with van der Waals surface area (Å²) in [4.78, 5) is 17.1. The van der Waals surface area contributed by atoms with Crippen molar-refractivity contribution in [2.75, 3.05) is 19.7 Å². The van der Waals surface area contributed by atoms with Crippen molar-refractivity contribution in [3.63, 3.8) is 0 Å². The van der Waals surface area contributed by atoms with Gasteiger partial charge in [0.2, 0.25) is 0 Å². The predicted octanol–water partition coefficient (Wildman–Crippen LogP) is 4.62. The maximum Gasteiger partial charge on any atom is 0.252 e. The zero-order chi connectivity index (χ0) is 22.2. The van der Waals surface area contributed by atoms with Gasteiger partial charge in [-0.05, 0) is 73.6 Å². The summed E-state index contributed by atoms with van der Waals surface area (Å²) in [6.07, 6.45) is 7.78. The molecule has 3 aromatic rings. The molecule has 1 aromatic heterocycles. The van der Waals surface area contributed by atoms with Crippen molar-refractivity contribution >= 4 is 22.9 Å². The molecule has 1 aliphatic carbocycles. The highest BCUT2D eigenvalue weighted by atomic mass is 19.1. The second-order valence-corrected chi connectivity index (χ2v) is 8.62. The minimum atomic E-state index is -0.636. The molecule has 3 N–H and O–H groups in total. The minimum absolute atomic E-state index is 0.192. The Morgan fingerprint density at radius 3 is 2.84 bits per heavy atom. The first-order chi connectivity index (χ1) is 15.5. The molecule has 1 amide bonds. The number of H-pyrrole nitrogens is 1. The van der Waals surface area contributed by atoms with Gasteiger partial charge in [-0.2, -0.15) is 0 Å². The van der Waals surface area contributed by atoms with E-state index in [-0.39, 0.29) is 29.3 Å². The molecule has 0 spiro atoms. The van der Waals surface area contributed by atoms with E-state index in [1.54, 1.807) is 18.2 Å². The van der Waals surface area contributed by atoms with Gasteiger partial charge >= 0.3 is 0 Å². The molecule has 32 heavy (non-hydrogen) atoms. The smallest absolute Gasteiger partial charge is 0.252 e. The number of aromatic amines is 1. The van der Waals surface area contributed by atoms with Crippen LogP contribution in [0.5, 0.6) is 5.75 Å². The summed E-state index contributed by atoms with van der Waals surface area (Å²) in [5, 5.41) is 0.911. The Kier molecular flexibility index (Phi) is 5.33. The maximum atomic E-state index is 14.5. The molecule has 2 aromatic carbocycles. The van der Waals surface area contributed by atoms with Crippen LogP contribution >= 0.6 is 0 Å². The molecule has 5 nitrogen and oxygen atoms in total. The van der Waals surface area contributed by atoms with Gasteiger partial charge in [-0.1, -0.05) is 0 Å². The van der Waals surface area contributed by atoms with Crippen molar-refractivity contribution in [3.05, 3.63) is 70.6 Å². The van der Waals surface area contributed by atoms with Gasteiger partial charge < -0.3 is 20.4 Å². The Hall–Kier alpha value is -3.35. The van der Waals surface area contributed by atoms with Gasteiger partial charge in [0.15, 0.2) is 0 Å². The lowest BCUT2D eigenvalue weighted by atomic mass is 10.0. The number of nitrogens with one attached hydrogen (secondary N) is 1. The Morgan fingerprint density at radius 1 is 1.22 bits per heavy atom. The number of fused-ring (bicyclic) bond motifs is 2. The summed E-state index contributed by atoms with van der Waals surface area (Å²) >= 11 is 0. The standard InChI is InChI=1S/C25H25F2N3O2/c26-17-5-8-23-20(10-17)16(12-29-23)2-1-9-30(13-15-3-4-15)18-11-21-22(27)7-6-19(25(28)31)24(21)32-14-18/h5-8,10-12,15,29H,1-4,9,13-14H2,(H2,28,31). The van der Waals surface area contributed by atoms with Crippen molar-refractivity contribution in [1.29, 1.82) is 0 Å². The minimum Gasteiger partial charge on any atom is -0.486 e. The molecule has 5 rings (SSSR count). The lowest BCUT2D eigenvalue weighted by Gasteiger charge is -2.31. The number of hydrogen-bond acceptors (Lipinski definition) is 3. The van der Waals surface area contributed by atoms with Crippen LogP contribution in [0, 0.1) is 17.6 Å². The topological polar surface area (TPSA) is 71.4 Å². The lowest BCUT2D eigenvalue weighted by Crippen LogP contribution is -2.31. The van der Waals surface area contributed by atoms with Crippen molar-refractivity contribution in [2.45, 2.75) is 25.7 Å². The number of halogens is 2. The van der Waals surface area contributed by atoms with Crippen LogP contribution < -0.4 is 10.5 Å². The molecule has 2 aliphatic rings. The summed E-state index contributed by atoms with van der Waals surface area (Å²) in [5.74, 6) is -0.457. The number of rotatable bonds is 8. The van der Waals surface area contributed by atoms with Crippen LogP contribution in [0.25, 0.3) is 17.0 Å². The highest BCUT2D eigenvalue weighted by Crippen LogP contribution is 2.36. The number of hydrogen-bond donors (Lipinski definition) is 2. The Morgan fingerprint density at radius 2 is 2.06 bits per heavy atom. The van der Waals surface area contributed by atoms with Gasteiger partial charge in [0.05, 0.1) is 16.8 Å². The van der Waals surface area contributed by atoms with E-state index in [1.807, 2.05) is 6.20 Å². The summed E-state index contributed by atoms with van der Waals surface area (Å²) in [6.45, 7) is 1.94. The molecule has 2 heterocycles. The highest BCUT2D eigenvalue weighted by molar-refractivity contribution is 5.97. The molecule has 7 heteroatoms. The fourth-order valence-corrected chi connectivity index (χ4v) is 4.38. The van der Waals surface area contributed by atoms with Crippen molar-refractivity contribution in [3.8, 4) is 5.75 Å². The molecule has 1 saturated carbocycles. The van der Waals surface area contributed by atoms with E-state index in [0.717, 1.165) is 48.1 Å². The third kappa shape index (κ3) is 4.07. The number of carbonyl (C=O) groups excluding carboxylic acids is 1. The number of ether oxygens (including phenoxy) is 1. The van der Waals surface area contributed by atoms with Gasteiger partial charge in [-0.3, -0.25) is 4.79 Å². The fraction of sp³-hybridized carbons (Fsp3) is 0.320. The molecule has 166 valence electrons. The van der Waals surface area contributed by atoms with Gasteiger partial charge in [0.1, 0.15) is 24.0 Å². The second kappa shape index (κ2) is 8.30. The highest BCUT2D eigenvalue weighted by Gasteiger charge is 2.28. The zero-order valence-electron chi connectivity index (χ0n) is 17.7. The number of aryl methyl sites for hydroxylation is 1. The van der Waals surface area contributed by atoms with Crippen molar-refractivity contribution in [1.82, 2.24) is 9.88 Å². The molecule has 1 aliphatic heterocycles. The van der Waals surface area contributed by atoms with E-state index >= 15 is 0 Å². The van der Waals surface area contributed by atoms with Crippen LogP contribution in [0.1, 0.15) is 40.7 Å². The van der Waals surface area contributed by atoms with E-state index in [4.69, 9.17) is 10.5 Å². The van der Waals surface area contributed by atoms with Crippen LogP contribution in [0.3, 0.4) is 0 Å². The predicted molar refractivity (Wildman–Crippen MR) is 119 cm³/mol. The summed E-state index contributed by atoms with van der Waals surface area (Å²) in [5.41, 5.74) is 8.80. The monoisotopic (exact) mass is 437 g/mol. The number of amides is 1. The van der Waals surface area contributed by atoms with E-state index in [0.29, 0.717) is 5.92 Å². The first-order valence-corrected chi connectivity index (χ1v) is 11.0. The van der Waals surface area contributed by atoms with E-state index in [1.165, 1.54) is 31.0 Å². The number of benzene rings is 2. The SMILES string of the molecule is NC(=O)c1ccc(F)c2c1OCC(N(CCCc1c[nH]c3ccc(F)cc13)CC1CC1)=C2. The normalized spacial score (nSPS) is 15.2. The Balaban J connectivity index is 1.35. The average Bonchev–Trinajstić information content (AvgIpc) is 3.52. The van der Waals surface area contributed by atoms with E-state index < -0.39 is 11.7 Å². The molecule has 0 saturated heterocycles. The van der Waals surface area contributed by atoms with Gasteiger partial charge in [-0.25, -0.2) is 8.78 Å². The van der Waals surface area contributed by atoms with Gasteiger partial charge in [0.25, 0.3) is 5.91 Å². The van der Waals surface area contributed by atoms with Crippen LogP contribution in [-0.2, 0) is 6.42 Å². The summed E-state index contributed by atoms with van der Waals surface area (Å²) in [6, 6.07) is 7.39. The molecular weight excluding hydrogens is 412 g/mol. The van der Waals surface area contributed by atoms with Crippen molar-refractivity contribution < 1.29 is 18.3 Å². The lowest BCUT2D eigenvalue weighted by molar-refractivity contribution is 0.0996. The fourth-order valence-electron chi connectivity index (χ4n) is 4.38.